The predicted molar refractivity (Wildman–Crippen MR) is 138 cm³/mol. The summed E-state index contributed by atoms with van der Waals surface area (Å²) in [4.78, 5) is 13.7. The predicted octanol–water partition coefficient (Wildman–Crippen LogP) is 6.49. The van der Waals surface area contributed by atoms with Crippen LogP contribution in [0.3, 0.4) is 0 Å². The summed E-state index contributed by atoms with van der Waals surface area (Å²) in [5, 5.41) is 7.24. The standard InChI is InChI=1S/C29H32N2O/c1-3-4-18-31-20(2)19-24-22-12-8-9-13-23(22)29(32)28-25(14-15-26(31)27(24)28)30-17-16-21-10-6-5-7-11-21/h8-10,12-15,19,30H,2-7,11,16-18H2,1H3. The Kier molecular flexibility index (Phi) is 5.73. The fraction of sp³-hybridized carbons (Fsp3) is 0.345. The molecule has 2 aromatic carbocycles. The Balaban J connectivity index is 1.68. The van der Waals surface area contributed by atoms with E-state index in [1.165, 1.54) is 25.7 Å². The maximum atomic E-state index is 13.7. The number of aromatic nitrogens is 1. The van der Waals surface area contributed by atoms with Gasteiger partial charge >= 0.3 is 0 Å². The molecule has 2 aliphatic carbocycles. The maximum Gasteiger partial charge on any atom is 0.196 e. The number of hydrogen-bond donors (Lipinski definition) is 1. The first-order valence-corrected chi connectivity index (χ1v) is 12.1. The Morgan fingerprint density at radius 2 is 1.94 bits per heavy atom. The molecule has 0 atom stereocenters. The van der Waals surface area contributed by atoms with E-state index < -0.39 is 0 Å². The van der Waals surface area contributed by atoms with Gasteiger partial charge in [-0.05, 0) is 67.7 Å². The number of benzene rings is 3. The number of allylic oxidation sites excluding steroid dienone is 1. The molecule has 0 radical (unpaired) electrons. The van der Waals surface area contributed by atoms with Gasteiger partial charge in [0.15, 0.2) is 5.43 Å². The van der Waals surface area contributed by atoms with Crippen molar-refractivity contribution < 1.29 is 0 Å². The van der Waals surface area contributed by atoms with Gasteiger partial charge in [-0.25, -0.2) is 0 Å². The van der Waals surface area contributed by atoms with Gasteiger partial charge in [0.1, 0.15) is 0 Å². The molecule has 5 rings (SSSR count). The number of unbranched alkanes of at least 4 members (excludes halogenated alkanes) is 1. The summed E-state index contributed by atoms with van der Waals surface area (Å²) < 4.78 is 2.28. The van der Waals surface area contributed by atoms with Crippen molar-refractivity contribution in [2.45, 2.75) is 58.4 Å². The molecule has 0 bridgehead atoms. The summed E-state index contributed by atoms with van der Waals surface area (Å²) in [5.74, 6) is 0. The van der Waals surface area contributed by atoms with E-state index in [0.717, 1.165) is 76.2 Å². The Morgan fingerprint density at radius 1 is 1.09 bits per heavy atom. The number of pyridine rings is 1. The molecule has 1 aliphatic heterocycles. The van der Waals surface area contributed by atoms with Crippen molar-refractivity contribution >= 4 is 33.9 Å². The molecule has 1 N–H and O–H groups in total. The highest BCUT2D eigenvalue weighted by Gasteiger charge is 2.21. The second-order valence-corrected chi connectivity index (χ2v) is 9.10. The van der Waals surface area contributed by atoms with E-state index in [-0.39, 0.29) is 5.43 Å². The van der Waals surface area contributed by atoms with E-state index in [4.69, 9.17) is 0 Å². The molecule has 164 valence electrons. The van der Waals surface area contributed by atoms with E-state index in [9.17, 15) is 4.79 Å². The summed E-state index contributed by atoms with van der Waals surface area (Å²) in [6.07, 6.45) is 10.7. The largest absolute Gasteiger partial charge is 0.384 e. The smallest absolute Gasteiger partial charge is 0.196 e. The van der Waals surface area contributed by atoms with Crippen LogP contribution in [-0.2, 0) is 6.54 Å². The van der Waals surface area contributed by atoms with Crippen LogP contribution in [0.5, 0.6) is 0 Å². The zero-order valence-corrected chi connectivity index (χ0v) is 19.0. The van der Waals surface area contributed by atoms with Crippen molar-refractivity contribution in [3.8, 4) is 11.1 Å². The van der Waals surface area contributed by atoms with Crippen LogP contribution in [0, 0.1) is 0 Å². The molecule has 0 aromatic heterocycles. The Labute approximate surface area is 189 Å². The van der Waals surface area contributed by atoms with Crippen LogP contribution in [0.2, 0.25) is 0 Å². The SMILES string of the molecule is C=c1cc2c3ccccc3c(=O)c3c(NCCC4=CCCCC4)ccc(c3-2)n1CCCC. The average molecular weight is 425 g/mol. The molecule has 2 aromatic rings. The van der Waals surface area contributed by atoms with Crippen molar-refractivity contribution in [1.82, 2.24) is 4.57 Å². The van der Waals surface area contributed by atoms with Crippen molar-refractivity contribution in [1.29, 1.82) is 0 Å². The first kappa shape index (κ1) is 20.8. The topological polar surface area (TPSA) is 34.0 Å². The van der Waals surface area contributed by atoms with Crippen LogP contribution in [0.4, 0.5) is 5.69 Å². The highest BCUT2D eigenvalue weighted by molar-refractivity contribution is 6.13. The van der Waals surface area contributed by atoms with Gasteiger partial charge in [-0.15, -0.1) is 0 Å². The lowest BCUT2D eigenvalue weighted by Crippen LogP contribution is -2.23. The summed E-state index contributed by atoms with van der Waals surface area (Å²) >= 11 is 0. The van der Waals surface area contributed by atoms with Crippen LogP contribution in [0.15, 0.2) is 58.9 Å². The Morgan fingerprint density at radius 3 is 2.72 bits per heavy atom. The van der Waals surface area contributed by atoms with Crippen molar-refractivity contribution in [2.24, 2.45) is 0 Å². The van der Waals surface area contributed by atoms with E-state index in [2.05, 4.69) is 53.7 Å². The van der Waals surface area contributed by atoms with Crippen LogP contribution in [0.25, 0.3) is 39.4 Å². The van der Waals surface area contributed by atoms with E-state index in [1.54, 1.807) is 5.57 Å². The van der Waals surface area contributed by atoms with Gasteiger partial charge in [0.05, 0.1) is 5.39 Å². The fourth-order valence-corrected chi connectivity index (χ4v) is 5.28. The first-order chi connectivity index (χ1) is 15.7. The number of rotatable bonds is 7. The highest BCUT2D eigenvalue weighted by atomic mass is 16.1. The number of anilines is 1. The minimum Gasteiger partial charge on any atom is -0.384 e. The van der Waals surface area contributed by atoms with Gasteiger partial charge in [-0.2, -0.15) is 0 Å². The molecular formula is C29H32N2O. The van der Waals surface area contributed by atoms with Gasteiger partial charge in [0, 0.05) is 40.6 Å². The number of nitrogens with one attached hydrogen (secondary N) is 1. The van der Waals surface area contributed by atoms with E-state index in [1.807, 2.05) is 18.2 Å². The quantitative estimate of drug-likeness (QED) is 0.209. The monoisotopic (exact) mass is 424 g/mol. The zero-order valence-electron chi connectivity index (χ0n) is 19.0. The molecule has 0 amide bonds. The van der Waals surface area contributed by atoms with Crippen LogP contribution < -0.4 is 16.1 Å². The lowest BCUT2D eigenvalue weighted by Gasteiger charge is -2.22. The molecule has 0 fully saturated rings. The second kappa shape index (κ2) is 8.82. The lowest BCUT2D eigenvalue weighted by molar-refractivity contribution is 0.633. The molecule has 0 saturated heterocycles. The van der Waals surface area contributed by atoms with E-state index >= 15 is 0 Å². The third-order valence-corrected chi connectivity index (χ3v) is 6.97. The lowest BCUT2D eigenvalue weighted by atomic mass is 9.89. The Hall–Kier alpha value is -3.07. The summed E-state index contributed by atoms with van der Waals surface area (Å²) in [5.41, 5.74) is 5.93. The van der Waals surface area contributed by atoms with Crippen LogP contribution in [0.1, 0.15) is 51.9 Å². The van der Waals surface area contributed by atoms with Crippen molar-refractivity contribution in [2.75, 3.05) is 11.9 Å². The molecular weight excluding hydrogens is 392 g/mol. The second-order valence-electron chi connectivity index (χ2n) is 9.10. The summed E-state index contributed by atoms with van der Waals surface area (Å²) in [6.45, 7) is 8.34. The van der Waals surface area contributed by atoms with Gasteiger partial charge in [0.25, 0.3) is 0 Å². The van der Waals surface area contributed by atoms with Gasteiger partial charge in [-0.3, -0.25) is 4.79 Å². The van der Waals surface area contributed by atoms with E-state index in [0.29, 0.717) is 0 Å². The summed E-state index contributed by atoms with van der Waals surface area (Å²) in [7, 11) is 0. The molecule has 3 nitrogen and oxygen atoms in total. The average Bonchev–Trinajstić information content (AvgIpc) is 2.83. The minimum atomic E-state index is 0.122. The minimum absolute atomic E-state index is 0.122. The molecule has 0 spiro atoms. The van der Waals surface area contributed by atoms with Crippen molar-refractivity contribution in [3.05, 3.63) is 69.7 Å². The number of hydrogen-bond acceptors (Lipinski definition) is 2. The molecule has 3 aliphatic rings. The molecule has 0 unspecified atom stereocenters. The summed E-state index contributed by atoms with van der Waals surface area (Å²) in [6, 6.07) is 14.4. The van der Waals surface area contributed by atoms with Crippen LogP contribution >= 0.6 is 0 Å². The Bertz CT molecular complexity index is 1380. The van der Waals surface area contributed by atoms with Gasteiger partial charge in [-0.1, -0.05) is 55.8 Å². The van der Waals surface area contributed by atoms with Crippen molar-refractivity contribution in [3.63, 3.8) is 0 Å². The number of fused-ring (bicyclic) bond motifs is 2. The maximum absolute atomic E-state index is 13.7. The molecule has 3 heteroatoms. The highest BCUT2D eigenvalue weighted by Crippen LogP contribution is 2.38. The molecule has 0 saturated carbocycles. The van der Waals surface area contributed by atoms with Gasteiger partial charge in [0.2, 0.25) is 0 Å². The first-order valence-electron chi connectivity index (χ1n) is 12.1. The third-order valence-electron chi connectivity index (χ3n) is 6.97. The molecule has 1 heterocycles. The normalized spacial score (nSPS) is 14.3. The number of aryl methyl sites for hydroxylation is 1. The van der Waals surface area contributed by atoms with Gasteiger partial charge < -0.3 is 9.88 Å². The molecule has 32 heavy (non-hydrogen) atoms. The van der Waals surface area contributed by atoms with Crippen LogP contribution in [-0.4, -0.2) is 11.1 Å². The zero-order chi connectivity index (χ0) is 22.1. The fourth-order valence-electron chi connectivity index (χ4n) is 5.28. The third kappa shape index (κ3) is 3.60. The number of nitrogens with zero attached hydrogens (tertiary/aromatic N) is 1.